The smallest absolute Gasteiger partial charge is 0.273 e. The van der Waals surface area contributed by atoms with E-state index in [1.54, 1.807) is 30.3 Å². The standard InChI is InChI=1S/C28H33N9O2/c1-6-36-17(3)18(14-31-36)15-35(5)28(39)25-21-12-19(38)7-8-23(21)32-27(33-25)20-13-22-24(11-16(20)2)37(10-9-30-4)34-26(22)29/h7-8,11-14,30,38H,6,9-10,15H2,1-5H3,(H2,29,34). The first kappa shape index (κ1) is 26.1. The van der Waals surface area contributed by atoms with Crippen LogP contribution in [0.1, 0.15) is 34.2 Å². The van der Waals surface area contributed by atoms with Gasteiger partial charge in [0.25, 0.3) is 5.91 Å². The van der Waals surface area contributed by atoms with E-state index in [1.165, 1.54) is 6.07 Å². The van der Waals surface area contributed by atoms with Gasteiger partial charge in [-0.2, -0.15) is 10.2 Å². The van der Waals surface area contributed by atoms with Gasteiger partial charge in [-0.25, -0.2) is 9.97 Å². The van der Waals surface area contributed by atoms with Crippen molar-refractivity contribution in [2.45, 2.75) is 40.4 Å². The number of carbonyl (C=O) groups is 1. The lowest BCUT2D eigenvalue weighted by Crippen LogP contribution is -2.27. The molecule has 39 heavy (non-hydrogen) atoms. The van der Waals surface area contributed by atoms with Crippen LogP contribution in [0, 0.1) is 13.8 Å². The molecule has 0 aliphatic carbocycles. The monoisotopic (exact) mass is 527 g/mol. The van der Waals surface area contributed by atoms with Crippen LogP contribution in [0.15, 0.2) is 36.5 Å². The minimum absolute atomic E-state index is 0.0370. The molecule has 0 unspecified atom stereocenters. The summed E-state index contributed by atoms with van der Waals surface area (Å²) in [6.45, 7) is 8.57. The number of amides is 1. The predicted octanol–water partition coefficient (Wildman–Crippen LogP) is 3.26. The average molecular weight is 528 g/mol. The lowest BCUT2D eigenvalue weighted by molar-refractivity contribution is 0.0781. The quantitative estimate of drug-likeness (QED) is 0.279. The number of aromatic nitrogens is 6. The van der Waals surface area contributed by atoms with Crippen molar-refractivity contribution < 1.29 is 9.90 Å². The Bertz CT molecular complexity index is 1700. The molecule has 3 aromatic heterocycles. The molecule has 202 valence electrons. The average Bonchev–Trinajstić information content (AvgIpc) is 3.43. The molecule has 11 heteroatoms. The molecular formula is C28H33N9O2. The van der Waals surface area contributed by atoms with Crippen molar-refractivity contribution in [2.24, 2.45) is 0 Å². The van der Waals surface area contributed by atoms with E-state index in [9.17, 15) is 9.90 Å². The number of phenols is 1. The number of nitrogens with two attached hydrogens (primary N) is 1. The number of nitrogens with zero attached hydrogens (tertiary/aromatic N) is 7. The van der Waals surface area contributed by atoms with E-state index >= 15 is 0 Å². The zero-order chi connectivity index (χ0) is 27.8. The number of hydrogen-bond donors (Lipinski definition) is 3. The summed E-state index contributed by atoms with van der Waals surface area (Å²) in [4.78, 5) is 24.9. The van der Waals surface area contributed by atoms with Crippen LogP contribution in [0.4, 0.5) is 5.82 Å². The molecule has 4 N–H and O–H groups in total. The van der Waals surface area contributed by atoms with E-state index in [-0.39, 0.29) is 17.4 Å². The number of aryl methyl sites for hydroxylation is 2. The number of anilines is 1. The van der Waals surface area contributed by atoms with E-state index in [4.69, 9.17) is 15.7 Å². The van der Waals surface area contributed by atoms with Crippen molar-refractivity contribution in [3.8, 4) is 17.1 Å². The molecule has 0 radical (unpaired) electrons. The number of carbonyl (C=O) groups excluding carboxylic acids is 1. The van der Waals surface area contributed by atoms with Crippen LogP contribution < -0.4 is 11.1 Å². The first-order chi connectivity index (χ1) is 18.7. The number of benzene rings is 2. The van der Waals surface area contributed by atoms with Crippen molar-refractivity contribution in [3.63, 3.8) is 0 Å². The number of nitrogens with one attached hydrogen (secondary N) is 1. The van der Waals surface area contributed by atoms with Crippen molar-refractivity contribution in [3.05, 3.63) is 59.0 Å². The molecule has 11 nitrogen and oxygen atoms in total. The summed E-state index contributed by atoms with van der Waals surface area (Å²) < 4.78 is 3.78. The maximum atomic E-state index is 13.8. The second-order valence-electron chi connectivity index (χ2n) is 9.73. The van der Waals surface area contributed by atoms with Crippen molar-refractivity contribution in [2.75, 3.05) is 26.4 Å². The molecule has 2 aromatic carbocycles. The van der Waals surface area contributed by atoms with Gasteiger partial charge in [-0.1, -0.05) is 0 Å². The summed E-state index contributed by atoms with van der Waals surface area (Å²) in [7, 11) is 3.63. The summed E-state index contributed by atoms with van der Waals surface area (Å²) in [5.41, 5.74) is 11.6. The van der Waals surface area contributed by atoms with Gasteiger partial charge >= 0.3 is 0 Å². The van der Waals surface area contributed by atoms with Gasteiger partial charge in [0.05, 0.1) is 23.8 Å². The molecule has 0 saturated carbocycles. The topological polar surface area (TPSA) is 140 Å². The molecular weight excluding hydrogens is 494 g/mol. The Hall–Kier alpha value is -4.51. The van der Waals surface area contributed by atoms with Crippen molar-refractivity contribution in [1.82, 2.24) is 39.7 Å². The number of fused-ring (bicyclic) bond motifs is 2. The third-order valence-corrected chi connectivity index (χ3v) is 7.08. The van der Waals surface area contributed by atoms with Crippen LogP contribution in [-0.4, -0.2) is 66.1 Å². The Balaban J connectivity index is 1.60. The highest BCUT2D eigenvalue weighted by Gasteiger charge is 2.22. The third kappa shape index (κ3) is 4.76. The number of aromatic hydroxyl groups is 1. The lowest BCUT2D eigenvalue weighted by Gasteiger charge is -2.18. The summed E-state index contributed by atoms with van der Waals surface area (Å²) in [5, 5.41) is 23.5. The van der Waals surface area contributed by atoms with Gasteiger partial charge in [0.15, 0.2) is 11.6 Å². The molecule has 5 rings (SSSR count). The van der Waals surface area contributed by atoms with Crippen molar-refractivity contribution >= 4 is 33.5 Å². The van der Waals surface area contributed by atoms with E-state index < -0.39 is 0 Å². The third-order valence-electron chi connectivity index (χ3n) is 7.08. The normalized spacial score (nSPS) is 11.5. The molecule has 0 spiro atoms. The zero-order valence-corrected chi connectivity index (χ0v) is 22.9. The van der Waals surface area contributed by atoms with Gasteiger partial charge in [0.2, 0.25) is 0 Å². The second-order valence-corrected chi connectivity index (χ2v) is 9.73. The van der Waals surface area contributed by atoms with E-state index in [0.29, 0.717) is 35.6 Å². The molecule has 0 saturated heterocycles. The second kappa shape index (κ2) is 10.3. The van der Waals surface area contributed by atoms with E-state index in [0.717, 1.165) is 46.4 Å². The summed E-state index contributed by atoms with van der Waals surface area (Å²) in [6.07, 6.45) is 1.79. The van der Waals surface area contributed by atoms with Crippen LogP contribution in [0.5, 0.6) is 5.75 Å². The zero-order valence-electron chi connectivity index (χ0n) is 22.9. The van der Waals surface area contributed by atoms with Crippen LogP contribution >= 0.6 is 0 Å². The van der Waals surface area contributed by atoms with Crippen molar-refractivity contribution in [1.29, 1.82) is 0 Å². The molecule has 5 aromatic rings. The van der Waals surface area contributed by atoms with Gasteiger partial charge in [-0.3, -0.25) is 14.2 Å². The maximum Gasteiger partial charge on any atom is 0.273 e. The highest BCUT2D eigenvalue weighted by molar-refractivity contribution is 6.05. The first-order valence-electron chi connectivity index (χ1n) is 12.9. The molecule has 0 bridgehead atoms. The maximum absolute atomic E-state index is 13.8. The Morgan fingerprint density at radius 3 is 2.64 bits per heavy atom. The summed E-state index contributed by atoms with van der Waals surface area (Å²) in [6, 6.07) is 8.74. The SMILES string of the molecule is CCn1ncc(CN(C)C(=O)c2nc(-c3cc4c(N)nn(CCNC)c4cc3C)nc3ccc(O)cc23)c1C. The highest BCUT2D eigenvalue weighted by Crippen LogP contribution is 2.32. The lowest BCUT2D eigenvalue weighted by atomic mass is 10.0. The van der Waals surface area contributed by atoms with Crippen LogP contribution in [0.3, 0.4) is 0 Å². The minimum Gasteiger partial charge on any atom is -0.508 e. The number of hydrogen-bond acceptors (Lipinski definition) is 8. The Morgan fingerprint density at radius 2 is 1.92 bits per heavy atom. The van der Waals surface area contributed by atoms with Crippen LogP contribution in [0.25, 0.3) is 33.2 Å². The van der Waals surface area contributed by atoms with Gasteiger partial charge in [0.1, 0.15) is 11.4 Å². The van der Waals surface area contributed by atoms with E-state index in [1.807, 2.05) is 49.3 Å². The van der Waals surface area contributed by atoms with E-state index in [2.05, 4.69) is 15.5 Å². The Morgan fingerprint density at radius 1 is 1.13 bits per heavy atom. The molecule has 0 aliphatic rings. The summed E-state index contributed by atoms with van der Waals surface area (Å²) in [5.74, 6) is 0.583. The highest BCUT2D eigenvalue weighted by atomic mass is 16.3. The van der Waals surface area contributed by atoms with Gasteiger partial charge in [-0.05, 0) is 63.7 Å². The van der Waals surface area contributed by atoms with Gasteiger partial charge in [-0.15, -0.1) is 0 Å². The fourth-order valence-corrected chi connectivity index (χ4v) is 4.85. The molecule has 0 aliphatic heterocycles. The fourth-order valence-electron chi connectivity index (χ4n) is 4.85. The molecule has 0 atom stereocenters. The summed E-state index contributed by atoms with van der Waals surface area (Å²) >= 11 is 0. The largest absolute Gasteiger partial charge is 0.508 e. The fraction of sp³-hybridized carbons (Fsp3) is 0.321. The Labute approximate surface area is 226 Å². The number of phenolic OH excluding ortho intramolecular Hbond substituents is 1. The van der Waals surface area contributed by atoms with Crippen LogP contribution in [0.2, 0.25) is 0 Å². The molecule has 1 amide bonds. The number of likely N-dealkylation sites (N-methyl/N-ethyl adjacent to an activating group) is 1. The Kier molecular flexibility index (Phi) is 6.92. The molecule has 0 fully saturated rings. The number of rotatable bonds is 8. The predicted molar refractivity (Wildman–Crippen MR) is 151 cm³/mol. The van der Waals surface area contributed by atoms with Crippen LogP contribution in [-0.2, 0) is 19.6 Å². The van der Waals surface area contributed by atoms with Gasteiger partial charge in [0, 0.05) is 54.3 Å². The van der Waals surface area contributed by atoms with Gasteiger partial charge < -0.3 is 21.1 Å². The molecule has 3 heterocycles. The minimum atomic E-state index is -0.281. The first-order valence-corrected chi connectivity index (χ1v) is 12.9. The number of nitrogen functional groups attached to an aromatic ring is 1.